The van der Waals surface area contributed by atoms with E-state index in [1.807, 2.05) is 0 Å². The summed E-state index contributed by atoms with van der Waals surface area (Å²) in [6, 6.07) is 3.36. The van der Waals surface area contributed by atoms with Crippen molar-refractivity contribution in [3.8, 4) is 5.75 Å². The Morgan fingerprint density at radius 3 is 2.80 bits per heavy atom. The molecular formula is C14H18F2N2O2. The van der Waals surface area contributed by atoms with Gasteiger partial charge in [-0.3, -0.25) is 4.79 Å². The average molecular weight is 284 g/mol. The Hall–Kier alpha value is -1.69. The molecule has 2 rings (SSSR count). The van der Waals surface area contributed by atoms with Crippen molar-refractivity contribution in [1.29, 1.82) is 0 Å². The fourth-order valence-electron chi connectivity index (χ4n) is 2.71. The Labute approximate surface area is 116 Å². The molecule has 2 atom stereocenters. The summed E-state index contributed by atoms with van der Waals surface area (Å²) in [5.41, 5.74) is 10.4. The molecule has 0 saturated heterocycles. The van der Waals surface area contributed by atoms with Crippen LogP contribution in [0.5, 0.6) is 5.75 Å². The van der Waals surface area contributed by atoms with E-state index in [2.05, 4.69) is 0 Å². The van der Waals surface area contributed by atoms with Crippen LogP contribution in [0, 0.1) is 17.6 Å². The maximum absolute atomic E-state index is 13.0. The van der Waals surface area contributed by atoms with Crippen LogP contribution in [-0.4, -0.2) is 18.1 Å². The smallest absolute Gasteiger partial charge is 0.237 e. The highest BCUT2D eigenvalue weighted by Gasteiger charge is 2.43. The van der Waals surface area contributed by atoms with Crippen molar-refractivity contribution >= 4 is 5.91 Å². The highest BCUT2D eigenvalue weighted by molar-refractivity contribution is 5.85. The van der Waals surface area contributed by atoms with Crippen molar-refractivity contribution in [1.82, 2.24) is 0 Å². The van der Waals surface area contributed by atoms with Crippen molar-refractivity contribution < 1.29 is 18.3 Å². The van der Waals surface area contributed by atoms with Crippen LogP contribution in [0.25, 0.3) is 0 Å². The maximum Gasteiger partial charge on any atom is 0.237 e. The Morgan fingerprint density at radius 2 is 2.15 bits per heavy atom. The van der Waals surface area contributed by atoms with Gasteiger partial charge in [0.15, 0.2) is 11.6 Å². The first-order chi connectivity index (χ1) is 9.43. The molecule has 1 fully saturated rings. The molecule has 2 unspecified atom stereocenters. The van der Waals surface area contributed by atoms with Crippen LogP contribution in [0.1, 0.15) is 25.7 Å². The predicted octanol–water partition coefficient (Wildman–Crippen LogP) is 1.72. The summed E-state index contributed by atoms with van der Waals surface area (Å²) in [4.78, 5) is 11.4. The number of carbonyl (C=O) groups is 1. The van der Waals surface area contributed by atoms with Crippen LogP contribution >= 0.6 is 0 Å². The lowest BCUT2D eigenvalue weighted by Gasteiger charge is -2.27. The van der Waals surface area contributed by atoms with E-state index in [1.165, 1.54) is 6.07 Å². The van der Waals surface area contributed by atoms with Crippen LogP contribution in [-0.2, 0) is 4.79 Å². The highest BCUT2D eigenvalue weighted by atomic mass is 19.2. The highest BCUT2D eigenvalue weighted by Crippen LogP contribution is 2.35. The number of carbonyl (C=O) groups excluding carboxylic acids is 1. The standard InChI is InChI=1S/C14H18F2N2O2/c15-11-4-3-10(8-12(11)16)20-7-5-9-2-1-6-14(9,18)13(17)19/h3-4,8-9H,1-2,5-7,18H2,(H2,17,19). The number of rotatable bonds is 5. The largest absolute Gasteiger partial charge is 0.493 e. The Bertz CT molecular complexity index is 510. The van der Waals surface area contributed by atoms with Crippen molar-refractivity contribution in [3.05, 3.63) is 29.8 Å². The van der Waals surface area contributed by atoms with Gasteiger partial charge in [0, 0.05) is 6.07 Å². The Morgan fingerprint density at radius 1 is 1.40 bits per heavy atom. The van der Waals surface area contributed by atoms with Gasteiger partial charge in [0.2, 0.25) is 5.91 Å². The number of amides is 1. The molecule has 0 spiro atoms. The maximum atomic E-state index is 13.0. The lowest BCUT2D eigenvalue weighted by Crippen LogP contribution is -2.54. The first kappa shape index (κ1) is 14.7. The predicted molar refractivity (Wildman–Crippen MR) is 69.9 cm³/mol. The molecule has 6 heteroatoms. The van der Waals surface area contributed by atoms with Crippen molar-refractivity contribution in [2.24, 2.45) is 17.4 Å². The zero-order valence-corrected chi connectivity index (χ0v) is 11.1. The molecule has 1 amide bonds. The second kappa shape index (κ2) is 5.75. The Kier molecular flexibility index (Phi) is 4.23. The third kappa shape index (κ3) is 2.90. The van der Waals surface area contributed by atoms with Gasteiger partial charge in [0.05, 0.1) is 12.1 Å². The molecule has 0 heterocycles. The minimum atomic E-state index is -0.975. The molecule has 0 radical (unpaired) electrons. The number of primary amides is 1. The first-order valence-electron chi connectivity index (χ1n) is 6.60. The topological polar surface area (TPSA) is 78.3 Å². The van der Waals surface area contributed by atoms with Gasteiger partial charge in [-0.2, -0.15) is 0 Å². The van der Waals surface area contributed by atoms with Crippen LogP contribution in [0.3, 0.4) is 0 Å². The molecule has 1 aliphatic carbocycles. The van der Waals surface area contributed by atoms with E-state index in [4.69, 9.17) is 16.2 Å². The minimum absolute atomic E-state index is 0.0368. The number of benzene rings is 1. The molecule has 20 heavy (non-hydrogen) atoms. The molecule has 0 aromatic heterocycles. The summed E-state index contributed by atoms with van der Waals surface area (Å²) >= 11 is 0. The van der Waals surface area contributed by atoms with Gasteiger partial charge < -0.3 is 16.2 Å². The van der Waals surface area contributed by atoms with Crippen LogP contribution in [0.4, 0.5) is 8.78 Å². The molecule has 1 aromatic carbocycles. The fourth-order valence-corrected chi connectivity index (χ4v) is 2.71. The third-order valence-corrected chi connectivity index (χ3v) is 3.96. The summed E-state index contributed by atoms with van der Waals surface area (Å²) in [6.07, 6.45) is 2.81. The SMILES string of the molecule is NC(=O)C1(N)CCCC1CCOc1ccc(F)c(F)c1. The summed E-state index contributed by atoms with van der Waals surface area (Å²) in [5.74, 6) is -2.14. The number of nitrogens with two attached hydrogens (primary N) is 2. The third-order valence-electron chi connectivity index (χ3n) is 3.96. The zero-order chi connectivity index (χ0) is 14.8. The van der Waals surface area contributed by atoms with Gasteiger partial charge in [0.25, 0.3) is 0 Å². The lowest BCUT2D eigenvalue weighted by atomic mass is 9.85. The van der Waals surface area contributed by atoms with E-state index in [0.29, 0.717) is 12.8 Å². The quantitative estimate of drug-likeness (QED) is 0.864. The van der Waals surface area contributed by atoms with E-state index < -0.39 is 23.1 Å². The molecular weight excluding hydrogens is 266 g/mol. The van der Waals surface area contributed by atoms with Gasteiger partial charge in [-0.15, -0.1) is 0 Å². The van der Waals surface area contributed by atoms with Gasteiger partial charge in [-0.05, 0) is 37.3 Å². The van der Waals surface area contributed by atoms with Crippen molar-refractivity contribution in [3.63, 3.8) is 0 Å². The van der Waals surface area contributed by atoms with E-state index in [-0.39, 0.29) is 18.3 Å². The molecule has 0 aliphatic heterocycles. The van der Waals surface area contributed by atoms with Gasteiger partial charge in [0.1, 0.15) is 5.75 Å². The molecule has 4 nitrogen and oxygen atoms in total. The van der Waals surface area contributed by atoms with E-state index in [0.717, 1.165) is 25.0 Å². The summed E-state index contributed by atoms with van der Waals surface area (Å²) in [5, 5.41) is 0. The molecule has 0 bridgehead atoms. The zero-order valence-electron chi connectivity index (χ0n) is 11.1. The van der Waals surface area contributed by atoms with Gasteiger partial charge in [-0.1, -0.05) is 6.42 Å². The number of hydrogen-bond acceptors (Lipinski definition) is 3. The molecule has 1 saturated carbocycles. The van der Waals surface area contributed by atoms with Crippen LogP contribution in [0.2, 0.25) is 0 Å². The van der Waals surface area contributed by atoms with Crippen molar-refractivity contribution in [2.75, 3.05) is 6.61 Å². The summed E-state index contributed by atoms with van der Waals surface area (Å²) < 4.78 is 31.1. The molecule has 1 aliphatic rings. The number of halogens is 2. The van der Waals surface area contributed by atoms with E-state index in [1.54, 1.807) is 0 Å². The van der Waals surface area contributed by atoms with E-state index in [9.17, 15) is 13.6 Å². The minimum Gasteiger partial charge on any atom is -0.493 e. The number of ether oxygens (including phenoxy) is 1. The normalized spacial score (nSPS) is 25.6. The average Bonchev–Trinajstić information content (AvgIpc) is 2.77. The lowest BCUT2D eigenvalue weighted by molar-refractivity contribution is -0.124. The van der Waals surface area contributed by atoms with Gasteiger partial charge >= 0.3 is 0 Å². The van der Waals surface area contributed by atoms with Crippen molar-refractivity contribution in [2.45, 2.75) is 31.2 Å². The second-order valence-corrected chi connectivity index (χ2v) is 5.21. The second-order valence-electron chi connectivity index (χ2n) is 5.21. The summed E-state index contributed by atoms with van der Waals surface area (Å²) in [7, 11) is 0. The van der Waals surface area contributed by atoms with Crippen LogP contribution < -0.4 is 16.2 Å². The number of hydrogen-bond donors (Lipinski definition) is 2. The molecule has 4 N–H and O–H groups in total. The van der Waals surface area contributed by atoms with E-state index >= 15 is 0 Å². The van der Waals surface area contributed by atoms with Crippen LogP contribution in [0.15, 0.2) is 18.2 Å². The summed E-state index contributed by atoms with van der Waals surface area (Å²) in [6.45, 7) is 0.280. The molecule has 1 aromatic rings. The Balaban J connectivity index is 1.89. The molecule has 110 valence electrons. The first-order valence-corrected chi connectivity index (χ1v) is 6.60. The fraction of sp³-hybridized carbons (Fsp3) is 0.500. The monoisotopic (exact) mass is 284 g/mol. The van der Waals surface area contributed by atoms with Gasteiger partial charge in [-0.25, -0.2) is 8.78 Å².